The van der Waals surface area contributed by atoms with Crippen LogP contribution < -0.4 is 10.1 Å². The molecule has 0 amide bonds. The van der Waals surface area contributed by atoms with Crippen molar-refractivity contribution in [2.75, 3.05) is 13.6 Å². The van der Waals surface area contributed by atoms with Gasteiger partial charge in [0, 0.05) is 12.0 Å². The minimum atomic E-state index is -0.233. The van der Waals surface area contributed by atoms with Gasteiger partial charge in [-0.25, -0.2) is 4.39 Å². The molecule has 0 saturated carbocycles. The molecule has 0 spiro atoms. The summed E-state index contributed by atoms with van der Waals surface area (Å²) in [6, 6.07) is 15.0. The van der Waals surface area contributed by atoms with Crippen molar-refractivity contribution in [1.29, 1.82) is 0 Å². The van der Waals surface area contributed by atoms with Crippen LogP contribution >= 0.6 is 12.4 Å². The summed E-state index contributed by atoms with van der Waals surface area (Å²) in [5, 5.41) is 3.13. The third-order valence-corrected chi connectivity index (χ3v) is 3.32. The SMILES string of the molecule is CNCC[C@@H](Oc1cccc(F)c1C)c1ccccc1.Cl. The van der Waals surface area contributed by atoms with Crippen LogP contribution in [0.5, 0.6) is 5.75 Å². The maximum absolute atomic E-state index is 13.6. The van der Waals surface area contributed by atoms with Gasteiger partial charge in [0.2, 0.25) is 0 Å². The van der Waals surface area contributed by atoms with E-state index in [0.717, 1.165) is 18.5 Å². The third-order valence-electron chi connectivity index (χ3n) is 3.32. The van der Waals surface area contributed by atoms with Crippen molar-refractivity contribution < 1.29 is 9.13 Å². The molecule has 2 aromatic rings. The first-order valence-electron chi connectivity index (χ1n) is 6.83. The molecule has 0 aromatic heterocycles. The Morgan fingerprint density at radius 2 is 1.81 bits per heavy atom. The lowest BCUT2D eigenvalue weighted by molar-refractivity contribution is 0.192. The van der Waals surface area contributed by atoms with E-state index in [0.29, 0.717) is 11.3 Å². The molecule has 0 fully saturated rings. The quantitative estimate of drug-likeness (QED) is 0.859. The second-order valence-electron chi connectivity index (χ2n) is 4.77. The second-order valence-corrected chi connectivity index (χ2v) is 4.77. The number of benzene rings is 2. The second kappa shape index (κ2) is 8.65. The molecular formula is C17H21ClFNO. The molecule has 0 saturated heterocycles. The monoisotopic (exact) mass is 309 g/mol. The molecule has 1 atom stereocenters. The first-order valence-corrected chi connectivity index (χ1v) is 6.83. The van der Waals surface area contributed by atoms with Crippen LogP contribution in [0.2, 0.25) is 0 Å². The molecule has 1 N–H and O–H groups in total. The van der Waals surface area contributed by atoms with Crippen molar-refractivity contribution >= 4 is 12.4 Å². The van der Waals surface area contributed by atoms with E-state index in [1.807, 2.05) is 43.4 Å². The van der Waals surface area contributed by atoms with E-state index in [1.54, 1.807) is 13.0 Å². The van der Waals surface area contributed by atoms with Gasteiger partial charge in [0.15, 0.2) is 0 Å². The molecule has 0 aliphatic rings. The van der Waals surface area contributed by atoms with Gasteiger partial charge in [-0.3, -0.25) is 0 Å². The van der Waals surface area contributed by atoms with Crippen LogP contribution in [0, 0.1) is 12.7 Å². The first-order chi connectivity index (χ1) is 9.72. The van der Waals surface area contributed by atoms with Gasteiger partial charge in [-0.15, -0.1) is 12.4 Å². The Balaban J connectivity index is 0.00000220. The fourth-order valence-electron chi connectivity index (χ4n) is 2.11. The normalized spacial score (nSPS) is 11.6. The van der Waals surface area contributed by atoms with Gasteiger partial charge in [0.05, 0.1) is 0 Å². The highest BCUT2D eigenvalue weighted by molar-refractivity contribution is 5.85. The molecule has 114 valence electrons. The number of nitrogens with one attached hydrogen (secondary N) is 1. The third kappa shape index (κ3) is 4.73. The average Bonchev–Trinajstić information content (AvgIpc) is 2.48. The van der Waals surface area contributed by atoms with Gasteiger partial charge in [-0.1, -0.05) is 36.4 Å². The lowest BCUT2D eigenvalue weighted by atomic mass is 10.1. The highest BCUT2D eigenvalue weighted by atomic mass is 35.5. The molecule has 0 bridgehead atoms. The Hall–Kier alpha value is -1.58. The van der Waals surface area contributed by atoms with Crippen LogP contribution in [0.15, 0.2) is 48.5 Å². The van der Waals surface area contributed by atoms with E-state index in [4.69, 9.17) is 4.74 Å². The Kier molecular flexibility index (Phi) is 7.20. The maximum atomic E-state index is 13.6. The molecule has 0 aliphatic carbocycles. The first kappa shape index (κ1) is 17.5. The zero-order chi connectivity index (χ0) is 14.4. The van der Waals surface area contributed by atoms with Gasteiger partial charge in [0.1, 0.15) is 17.7 Å². The lowest BCUT2D eigenvalue weighted by Gasteiger charge is -2.21. The number of rotatable bonds is 6. The van der Waals surface area contributed by atoms with E-state index in [1.165, 1.54) is 6.07 Å². The van der Waals surface area contributed by atoms with Gasteiger partial charge >= 0.3 is 0 Å². The zero-order valence-electron chi connectivity index (χ0n) is 12.3. The number of hydrogen-bond donors (Lipinski definition) is 1. The zero-order valence-corrected chi connectivity index (χ0v) is 13.1. The summed E-state index contributed by atoms with van der Waals surface area (Å²) in [4.78, 5) is 0. The van der Waals surface area contributed by atoms with E-state index >= 15 is 0 Å². The highest BCUT2D eigenvalue weighted by Crippen LogP contribution is 2.28. The molecule has 0 radical (unpaired) electrons. The largest absolute Gasteiger partial charge is 0.485 e. The predicted octanol–water partition coefficient (Wildman–Crippen LogP) is 4.29. The van der Waals surface area contributed by atoms with Crippen molar-refractivity contribution in [2.45, 2.75) is 19.4 Å². The maximum Gasteiger partial charge on any atom is 0.129 e. The van der Waals surface area contributed by atoms with Crippen molar-refractivity contribution in [1.82, 2.24) is 5.32 Å². The van der Waals surface area contributed by atoms with Gasteiger partial charge in [0.25, 0.3) is 0 Å². The Morgan fingerprint density at radius 1 is 1.10 bits per heavy atom. The van der Waals surface area contributed by atoms with E-state index in [-0.39, 0.29) is 24.3 Å². The van der Waals surface area contributed by atoms with Gasteiger partial charge in [-0.2, -0.15) is 0 Å². The number of hydrogen-bond acceptors (Lipinski definition) is 2. The van der Waals surface area contributed by atoms with E-state index in [2.05, 4.69) is 5.32 Å². The van der Waals surface area contributed by atoms with Crippen molar-refractivity contribution in [3.8, 4) is 5.75 Å². The minimum Gasteiger partial charge on any atom is -0.485 e. The highest BCUT2D eigenvalue weighted by Gasteiger charge is 2.15. The molecule has 2 rings (SSSR count). The fraction of sp³-hybridized carbons (Fsp3) is 0.294. The summed E-state index contributed by atoms with van der Waals surface area (Å²) < 4.78 is 19.6. The predicted molar refractivity (Wildman–Crippen MR) is 86.7 cm³/mol. The average molecular weight is 310 g/mol. The minimum absolute atomic E-state index is 0. The van der Waals surface area contributed by atoms with Crippen LogP contribution in [-0.4, -0.2) is 13.6 Å². The van der Waals surface area contributed by atoms with Crippen LogP contribution in [0.1, 0.15) is 23.7 Å². The summed E-state index contributed by atoms with van der Waals surface area (Å²) in [7, 11) is 1.91. The molecule has 21 heavy (non-hydrogen) atoms. The van der Waals surface area contributed by atoms with Crippen LogP contribution in [0.3, 0.4) is 0 Å². The molecule has 2 aromatic carbocycles. The number of halogens is 2. The smallest absolute Gasteiger partial charge is 0.129 e. The molecular weight excluding hydrogens is 289 g/mol. The molecule has 2 nitrogen and oxygen atoms in total. The van der Waals surface area contributed by atoms with Crippen molar-refractivity contribution in [2.24, 2.45) is 0 Å². The van der Waals surface area contributed by atoms with E-state index in [9.17, 15) is 4.39 Å². The van der Waals surface area contributed by atoms with Crippen LogP contribution in [0.25, 0.3) is 0 Å². The Bertz CT molecular complexity index is 548. The molecule has 0 unspecified atom stereocenters. The Morgan fingerprint density at radius 3 is 2.48 bits per heavy atom. The number of ether oxygens (including phenoxy) is 1. The van der Waals surface area contributed by atoms with Crippen molar-refractivity contribution in [3.05, 3.63) is 65.5 Å². The summed E-state index contributed by atoms with van der Waals surface area (Å²) in [5.41, 5.74) is 1.66. The Labute approximate surface area is 131 Å². The molecule has 0 heterocycles. The summed E-state index contributed by atoms with van der Waals surface area (Å²) in [6.45, 7) is 2.58. The molecule has 4 heteroatoms. The lowest BCUT2D eigenvalue weighted by Crippen LogP contribution is -2.16. The molecule has 0 aliphatic heterocycles. The van der Waals surface area contributed by atoms with Crippen LogP contribution in [-0.2, 0) is 0 Å². The van der Waals surface area contributed by atoms with Gasteiger partial charge in [-0.05, 0) is 38.2 Å². The summed E-state index contributed by atoms with van der Waals surface area (Å²) >= 11 is 0. The fourth-order valence-corrected chi connectivity index (χ4v) is 2.11. The summed E-state index contributed by atoms with van der Waals surface area (Å²) in [6.07, 6.45) is 0.750. The van der Waals surface area contributed by atoms with Crippen LogP contribution in [0.4, 0.5) is 4.39 Å². The standard InChI is InChI=1S/C17H20FNO.ClH/c1-13-15(18)9-6-10-16(13)20-17(11-12-19-2)14-7-4-3-5-8-14;/h3-10,17,19H,11-12H2,1-2H3;1H/t17-;/m1./s1. The summed E-state index contributed by atoms with van der Waals surface area (Å²) in [5.74, 6) is 0.373. The topological polar surface area (TPSA) is 21.3 Å². The van der Waals surface area contributed by atoms with Gasteiger partial charge < -0.3 is 10.1 Å². The van der Waals surface area contributed by atoms with E-state index < -0.39 is 0 Å². The van der Waals surface area contributed by atoms with Crippen molar-refractivity contribution in [3.63, 3.8) is 0 Å².